The van der Waals surface area contributed by atoms with Gasteiger partial charge in [-0.05, 0) is 31.0 Å². The number of rotatable bonds is 7. The van der Waals surface area contributed by atoms with Crippen LogP contribution in [0.2, 0.25) is 0 Å². The number of carbonyl (C=O) groups excluding carboxylic acids is 4. The molecule has 0 aliphatic carbocycles. The molecule has 1 aromatic heterocycles. The Morgan fingerprint density at radius 1 is 1.18 bits per heavy atom. The van der Waals surface area contributed by atoms with Crippen LogP contribution in [0.1, 0.15) is 35.5 Å². The summed E-state index contributed by atoms with van der Waals surface area (Å²) in [5.41, 5.74) is 0.0372. The summed E-state index contributed by atoms with van der Waals surface area (Å²) in [5.74, 6) is -0.667. The molecule has 1 aliphatic heterocycles. The maximum absolute atomic E-state index is 12.7. The van der Waals surface area contributed by atoms with Crippen LogP contribution in [0.3, 0.4) is 0 Å². The standard InChI is InChI=1S/C20H21N3O5/c1-13(24)21-10-9-14-5-7-15(8-6-14)16(25)12-23-18(26)20(2,22-19(23)27)17-4-3-11-28-17/h3-8,11H,9-10,12H2,1-2H3,(H,21,24)(H,22,27)/t20-/m1/s1. The summed E-state index contributed by atoms with van der Waals surface area (Å²) in [4.78, 5) is 49.3. The van der Waals surface area contributed by atoms with E-state index in [4.69, 9.17) is 4.42 Å². The van der Waals surface area contributed by atoms with Crippen molar-refractivity contribution in [3.05, 3.63) is 59.5 Å². The number of imide groups is 1. The van der Waals surface area contributed by atoms with Crippen molar-refractivity contribution < 1.29 is 23.6 Å². The van der Waals surface area contributed by atoms with Gasteiger partial charge in [-0.2, -0.15) is 0 Å². The lowest BCUT2D eigenvalue weighted by Crippen LogP contribution is -2.41. The Kier molecular flexibility index (Phi) is 5.30. The Morgan fingerprint density at radius 3 is 2.50 bits per heavy atom. The van der Waals surface area contributed by atoms with Crippen molar-refractivity contribution in [3.8, 4) is 0 Å². The number of benzene rings is 1. The van der Waals surface area contributed by atoms with Crippen molar-refractivity contribution in [2.75, 3.05) is 13.1 Å². The van der Waals surface area contributed by atoms with Gasteiger partial charge in [0.15, 0.2) is 11.3 Å². The molecule has 2 aromatic rings. The van der Waals surface area contributed by atoms with Gasteiger partial charge in [0.05, 0.1) is 12.8 Å². The van der Waals surface area contributed by atoms with Crippen LogP contribution in [0.4, 0.5) is 4.79 Å². The van der Waals surface area contributed by atoms with Crippen molar-refractivity contribution >= 4 is 23.6 Å². The van der Waals surface area contributed by atoms with Gasteiger partial charge in [0, 0.05) is 19.0 Å². The number of nitrogens with one attached hydrogen (secondary N) is 2. The molecule has 3 rings (SSSR count). The Morgan fingerprint density at radius 2 is 1.89 bits per heavy atom. The van der Waals surface area contributed by atoms with Gasteiger partial charge in [-0.1, -0.05) is 24.3 Å². The molecule has 0 bridgehead atoms. The summed E-state index contributed by atoms with van der Waals surface area (Å²) in [6, 6.07) is 9.46. The fourth-order valence-electron chi connectivity index (χ4n) is 3.05. The zero-order valence-corrected chi connectivity index (χ0v) is 15.7. The van der Waals surface area contributed by atoms with Gasteiger partial charge in [-0.25, -0.2) is 4.79 Å². The average molecular weight is 383 g/mol. The third-order valence-electron chi connectivity index (χ3n) is 4.65. The van der Waals surface area contributed by atoms with Crippen LogP contribution in [-0.2, 0) is 21.5 Å². The van der Waals surface area contributed by atoms with Crippen LogP contribution in [-0.4, -0.2) is 41.6 Å². The summed E-state index contributed by atoms with van der Waals surface area (Å²) in [5, 5.41) is 5.29. The van der Waals surface area contributed by atoms with Gasteiger partial charge in [-0.3, -0.25) is 19.3 Å². The lowest BCUT2D eigenvalue weighted by molar-refractivity contribution is -0.131. The molecule has 8 nitrogen and oxygen atoms in total. The van der Waals surface area contributed by atoms with Crippen LogP contribution < -0.4 is 10.6 Å². The lowest BCUT2D eigenvalue weighted by atomic mass is 9.99. The molecule has 4 amide bonds. The van der Waals surface area contributed by atoms with Crippen LogP contribution in [0.25, 0.3) is 0 Å². The Hall–Kier alpha value is -3.42. The van der Waals surface area contributed by atoms with Crippen LogP contribution in [0.5, 0.6) is 0 Å². The molecule has 2 N–H and O–H groups in total. The van der Waals surface area contributed by atoms with E-state index in [9.17, 15) is 19.2 Å². The van der Waals surface area contributed by atoms with E-state index in [2.05, 4.69) is 10.6 Å². The molecule has 1 fully saturated rings. The van der Waals surface area contributed by atoms with Crippen LogP contribution in [0, 0.1) is 0 Å². The maximum atomic E-state index is 12.7. The maximum Gasteiger partial charge on any atom is 0.325 e. The van der Waals surface area contributed by atoms with E-state index in [1.807, 2.05) is 0 Å². The number of carbonyl (C=O) groups is 4. The zero-order valence-electron chi connectivity index (χ0n) is 15.7. The van der Waals surface area contributed by atoms with Gasteiger partial charge in [0.1, 0.15) is 5.76 Å². The molecule has 146 valence electrons. The molecule has 1 aromatic carbocycles. The highest BCUT2D eigenvalue weighted by molar-refractivity contribution is 6.11. The van der Waals surface area contributed by atoms with E-state index in [0.717, 1.165) is 10.5 Å². The second-order valence-electron chi connectivity index (χ2n) is 6.78. The second kappa shape index (κ2) is 7.67. The third kappa shape index (κ3) is 3.80. The zero-order chi connectivity index (χ0) is 20.3. The topological polar surface area (TPSA) is 109 Å². The van der Waals surface area contributed by atoms with Gasteiger partial charge in [-0.15, -0.1) is 0 Å². The van der Waals surface area contributed by atoms with Crippen molar-refractivity contribution in [2.45, 2.75) is 25.8 Å². The smallest absolute Gasteiger partial charge is 0.325 e. The summed E-state index contributed by atoms with van der Waals surface area (Å²) < 4.78 is 5.26. The summed E-state index contributed by atoms with van der Waals surface area (Å²) in [6.07, 6.45) is 2.06. The highest BCUT2D eigenvalue weighted by Gasteiger charge is 2.51. The molecule has 0 saturated carbocycles. The first-order chi connectivity index (χ1) is 13.3. The van der Waals surface area contributed by atoms with Gasteiger partial charge in [0.25, 0.3) is 5.91 Å². The molecular formula is C20H21N3O5. The average Bonchev–Trinajstić information content (AvgIpc) is 3.26. The number of hydrogen-bond acceptors (Lipinski definition) is 5. The molecular weight excluding hydrogens is 362 g/mol. The minimum atomic E-state index is -1.32. The Labute approximate surface area is 161 Å². The first kappa shape index (κ1) is 19.3. The number of hydrogen-bond donors (Lipinski definition) is 2. The van der Waals surface area contributed by atoms with E-state index in [-0.39, 0.29) is 18.2 Å². The van der Waals surface area contributed by atoms with Crippen LogP contribution >= 0.6 is 0 Å². The predicted molar refractivity (Wildman–Crippen MR) is 99.5 cm³/mol. The monoisotopic (exact) mass is 383 g/mol. The first-order valence-corrected chi connectivity index (χ1v) is 8.86. The van der Waals surface area contributed by atoms with Crippen molar-refractivity contribution in [2.24, 2.45) is 0 Å². The van der Waals surface area contributed by atoms with Gasteiger partial charge in [0.2, 0.25) is 5.91 Å². The third-order valence-corrected chi connectivity index (χ3v) is 4.65. The highest BCUT2D eigenvalue weighted by atomic mass is 16.3. The highest BCUT2D eigenvalue weighted by Crippen LogP contribution is 2.29. The molecule has 0 unspecified atom stereocenters. The van der Waals surface area contributed by atoms with Gasteiger partial charge < -0.3 is 15.1 Å². The molecule has 1 atom stereocenters. The quantitative estimate of drug-likeness (QED) is 0.558. The predicted octanol–water partition coefficient (Wildman–Crippen LogP) is 1.61. The molecule has 1 saturated heterocycles. The minimum Gasteiger partial charge on any atom is -0.466 e. The van der Waals surface area contributed by atoms with Crippen molar-refractivity contribution in [1.82, 2.24) is 15.5 Å². The molecule has 0 radical (unpaired) electrons. The fraction of sp³-hybridized carbons (Fsp3) is 0.300. The largest absolute Gasteiger partial charge is 0.466 e. The van der Waals surface area contributed by atoms with Crippen LogP contribution in [0.15, 0.2) is 47.1 Å². The molecule has 0 spiro atoms. The minimum absolute atomic E-state index is 0.0955. The van der Waals surface area contributed by atoms with Crippen molar-refractivity contribution in [3.63, 3.8) is 0 Å². The molecule has 8 heteroatoms. The summed E-state index contributed by atoms with van der Waals surface area (Å²) in [6.45, 7) is 3.15. The van der Waals surface area contributed by atoms with E-state index < -0.39 is 17.5 Å². The lowest BCUT2D eigenvalue weighted by Gasteiger charge is -2.18. The number of Topliss-reactive ketones (excluding diaryl/α,β-unsaturated/α-hetero) is 1. The van der Waals surface area contributed by atoms with E-state index >= 15 is 0 Å². The number of amides is 4. The summed E-state index contributed by atoms with van der Waals surface area (Å²) in [7, 11) is 0. The normalized spacial score (nSPS) is 18.9. The Bertz CT molecular complexity index is 904. The Balaban J connectivity index is 1.65. The number of furan rings is 1. The van der Waals surface area contributed by atoms with E-state index in [0.29, 0.717) is 24.3 Å². The number of ketones is 1. The molecule has 1 aliphatic rings. The van der Waals surface area contributed by atoms with E-state index in [1.165, 1.54) is 13.2 Å². The molecule has 2 heterocycles. The van der Waals surface area contributed by atoms with E-state index in [1.54, 1.807) is 43.3 Å². The van der Waals surface area contributed by atoms with Gasteiger partial charge >= 0.3 is 6.03 Å². The van der Waals surface area contributed by atoms with Crippen molar-refractivity contribution in [1.29, 1.82) is 0 Å². The summed E-state index contributed by atoms with van der Waals surface area (Å²) >= 11 is 0. The molecule has 28 heavy (non-hydrogen) atoms. The SMILES string of the molecule is CC(=O)NCCc1ccc(C(=O)CN2C(=O)N[C@](C)(c3ccco3)C2=O)cc1. The number of urea groups is 1. The number of nitrogens with zero attached hydrogens (tertiary/aromatic N) is 1. The fourth-order valence-corrected chi connectivity index (χ4v) is 3.05. The second-order valence-corrected chi connectivity index (χ2v) is 6.78. The first-order valence-electron chi connectivity index (χ1n) is 8.86.